The first-order valence-electron chi connectivity index (χ1n) is 5.52. The molecule has 92 valence electrons. The molecular weight excluding hydrogens is 261 g/mol. The van der Waals surface area contributed by atoms with Gasteiger partial charge in [-0.1, -0.05) is 23.7 Å². The number of halogens is 2. The van der Waals surface area contributed by atoms with Crippen LogP contribution in [-0.2, 0) is 6.42 Å². The molecule has 0 unspecified atom stereocenters. The third-order valence-electron chi connectivity index (χ3n) is 2.39. The van der Waals surface area contributed by atoms with E-state index in [4.69, 9.17) is 32.5 Å². The van der Waals surface area contributed by atoms with Crippen molar-refractivity contribution in [2.45, 2.75) is 19.8 Å². The van der Waals surface area contributed by atoms with E-state index in [1.807, 2.05) is 13.0 Å². The van der Waals surface area contributed by atoms with Gasteiger partial charge in [0.25, 0.3) is 0 Å². The molecule has 0 spiro atoms. The Labute approximate surface area is 110 Å². The summed E-state index contributed by atoms with van der Waals surface area (Å²) in [5.41, 5.74) is 1.51. The molecule has 1 aromatic heterocycles. The lowest BCUT2D eigenvalue weighted by atomic mass is 10.2. The van der Waals surface area contributed by atoms with Crippen molar-refractivity contribution in [3.63, 3.8) is 0 Å². The fourth-order valence-electron chi connectivity index (χ4n) is 1.58. The van der Waals surface area contributed by atoms with Crippen LogP contribution in [0.2, 0.25) is 5.02 Å². The lowest BCUT2D eigenvalue weighted by Gasteiger charge is -2.06. The van der Waals surface area contributed by atoms with Gasteiger partial charge in [0.1, 0.15) is 5.75 Å². The maximum Gasteiger partial charge on any atom is 0.170 e. The topological polar surface area (TPSA) is 35.3 Å². The molecule has 0 aliphatic carbocycles. The smallest absolute Gasteiger partial charge is 0.170 e. The molecule has 0 N–H and O–H groups in total. The molecule has 17 heavy (non-hydrogen) atoms. The first-order chi connectivity index (χ1) is 8.26. The Kier molecular flexibility index (Phi) is 4.13. The van der Waals surface area contributed by atoms with Gasteiger partial charge in [0.05, 0.1) is 17.3 Å². The first kappa shape index (κ1) is 12.5. The van der Waals surface area contributed by atoms with E-state index in [2.05, 4.69) is 5.16 Å². The van der Waals surface area contributed by atoms with Crippen LogP contribution in [0.5, 0.6) is 5.75 Å². The number of rotatable bonds is 5. The minimum absolute atomic E-state index is 0.507. The second kappa shape index (κ2) is 5.61. The maximum atomic E-state index is 6.14. The van der Waals surface area contributed by atoms with Gasteiger partial charge < -0.3 is 9.26 Å². The zero-order chi connectivity index (χ0) is 12.3. The average molecular weight is 274 g/mol. The van der Waals surface area contributed by atoms with E-state index in [9.17, 15) is 0 Å². The molecular formula is C12H13Cl2NO2. The van der Waals surface area contributed by atoms with Crippen LogP contribution in [0.4, 0.5) is 0 Å². The van der Waals surface area contributed by atoms with Crippen LogP contribution < -0.4 is 4.74 Å². The zero-order valence-corrected chi connectivity index (χ0v) is 11.0. The van der Waals surface area contributed by atoms with Crippen LogP contribution in [0.1, 0.15) is 19.0 Å². The Balaban J connectivity index is 2.37. The molecule has 2 rings (SSSR count). The number of aromatic nitrogens is 1. The number of nitrogens with zero attached hydrogens (tertiary/aromatic N) is 1. The van der Waals surface area contributed by atoms with Crippen molar-refractivity contribution in [2.75, 3.05) is 12.5 Å². The zero-order valence-electron chi connectivity index (χ0n) is 9.50. The van der Waals surface area contributed by atoms with Gasteiger partial charge in [-0.05, 0) is 12.5 Å². The van der Waals surface area contributed by atoms with Crippen molar-refractivity contribution in [3.05, 3.63) is 22.8 Å². The summed E-state index contributed by atoms with van der Waals surface area (Å²) in [6, 6.07) is 3.60. The quantitative estimate of drug-likeness (QED) is 0.771. The SMILES string of the molecule is CCCOc1cc2onc(CCCl)c2cc1Cl. The number of alkyl halides is 1. The van der Waals surface area contributed by atoms with Crippen LogP contribution in [0.3, 0.4) is 0 Å². The number of aryl methyl sites for hydroxylation is 1. The Hall–Kier alpha value is -0.930. The van der Waals surface area contributed by atoms with E-state index >= 15 is 0 Å². The molecule has 0 bridgehead atoms. The molecule has 0 aliphatic rings. The molecule has 0 atom stereocenters. The number of benzene rings is 1. The van der Waals surface area contributed by atoms with Crippen molar-refractivity contribution in [1.82, 2.24) is 5.16 Å². The van der Waals surface area contributed by atoms with Crippen molar-refractivity contribution >= 4 is 34.2 Å². The highest BCUT2D eigenvalue weighted by atomic mass is 35.5. The molecule has 3 nitrogen and oxygen atoms in total. The van der Waals surface area contributed by atoms with Gasteiger partial charge in [0.2, 0.25) is 0 Å². The number of hydrogen-bond donors (Lipinski definition) is 0. The molecule has 0 saturated heterocycles. The van der Waals surface area contributed by atoms with Crippen molar-refractivity contribution < 1.29 is 9.26 Å². The lowest BCUT2D eigenvalue weighted by Crippen LogP contribution is -1.95. The van der Waals surface area contributed by atoms with Gasteiger partial charge in [-0.3, -0.25) is 0 Å². The molecule has 0 amide bonds. The number of hydrogen-bond acceptors (Lipinski definition) is 3. The molecule has 0 saturated carbocycles. The molecule has 1 aromatic carbocycles. The fraction of sp³-hybridized carbons (Fsp3) is 0.417. The van der Waals surface area contributed by atoms with E-state index < -0.39 is 0 Å². The molecule has 2 aromatic rings. The summed E-state index contributed by atoms with van der Waals surface area (Å²) in [6.07, 6.45) is 1.60. The Morgan fingerprint density at radius 1 is 1.41 bits per heavy atom. The molecule has 1 heterocycles. The highest BCUT2D eigenvalue weighted by molar-refractivity contribution is 6.32. The van der Waals surface area contributed by atoms with Crippen LogP contribution in [0, 0.1) is 0 Å². The minimum Gasteiger partial charge on any atom is -0.492 e. The first-order valence-corrected chi connectivity index (χ1v) is 6.44. The molecule has 0 fully saturated rings. The van der Waals surface area contributed by atoms with E-state index in [1.165, 1.54) is 0 Å². The van der Waals surface area contributed by atoms with Gasteiger partial charge in [0.15, 0.2) is 5.58 Å². The highest BCUT2D eigenvalue weighted by Gasteiger charge is 2.12. The normalized spacial score (nSPS) is 11.0. The van der Waals surface area contributed by atoms with E-state index in [-0.39, 0.29) is 0 Å². The van der Waals surface area contributed by atoms with E-state index in [1.54, 1.807) is 6.07 Å². The summed E-state index contributed by atoms with van der Waals surface area (Å²) in [7, 11) is 0. The predicted octanol–water partition coefficient (Wildman–Crippen LogP) is 4.05. The standard InChI is InChI=1S/C12H13Cl2NO2/c1-2-5-16-12-7-11-8(6-9(12)14)10(3-4-13)15-17-11/h6-7H,2-5H2,1H3. The van der Waals surface area contributed by atoms with Gasteiger partial charge in [-0.15, -0.1) is 11.6 Å². The van der Waals surface area contributed by atoms with Crippen LogP contribution in [0.25, 0.3) is 11.0 Å². The summed E-state index contributed by atoms with van der Waals surface area (Å²) in [6.45, 7) is 2.67. The third-order valence-corrected chi connectivity index (χ3v) is 2.88. The van der Waals surface area contributed by atoms with E-state index in [0.717, 1.165) is 17.5 Å². The summed E-state index contributed by atoms with van der Waals surface area (Å²) in [5.74, 6) is 1.14. The Morgan fingerprint density at radius 2 is 2.24 bits per heavy atom. The van der Waals surface area contributed by atoms with Crippen LogP contribution >= 0.6 is 23.2 Å². The van der Waals surface area contributed by atoms with Gasteiger partial charge in [-0.25, -0.2) is 0 Å². The van der Waals surface area contributed by atoms with Crippen LogP contribution in [0.15, 0.2) is 16.7 Å². The average Bonchev–Trinajstić information content (AvgIpc) is 2.69. The minimum atomic E-state index is 0.507. The van der Waals surface area contributed by atoms with Gasteiger partial charge in [0, 0.05) is 23.8 Å². The predicted molar refractivity (Wildman–Crippen MR) is 69.2 cm³/mol. The van der Waals surface area contributed by atoms with Crippen molar-refractivity contribution in [3.8, 4) is 5.75 Å². The van der Waals surface area contributed by atoms with Crippen LogP contribution in [-0.4, -0.2) is 17.6 Å². The van der Waals surface area contributed by atoms with Crippen molar-refractivity contribution in [1.29, 1.82) is 0 Å². The monoisotopic (exact) mass is 273 g/mol. The summed E-state index contributed by atoms with van der Waals surface area (Å²) < 4.78 is 10.7. The Bertz CT molecular complexity index is 510. The number of ether oxygens (including phenoxy) is 1. The van der Waals surface area contributed by atoms with E-state index in [0.29, 0.717) is 35.3 Å². The summed E-state index contributed by atoms with van der Waals surface area (Å²) >= 11 is 11.8. The Morgan fingerprint density at radius 3 is 2.94 bits per heavy atom. The second-order valence-electron chi connectivity index (χ2n) is 3.70. The molecule has 5 heteroatoms. The van der Waals surface area contributed by atoms with Crippen molar-refractivity contribution in [2.24, 2.45) is 0 Å². The third kappa shape index (κ3) is 2.67. The second-order valence-corrected chi connectivity index (χ2v) is 4.48. The highest BCUT2D eigenvalue weighted by Crippen LogP contribution is 2.32. The maximum absolute atomic E-state index is 6.14. The lowest BCUT2D eigenvalue weighted by molar-refractivity contribution is 0.317. The largest absolute Gasteiger partial charge is 0.492 e. The van der Waals surface area contributed by atoms with Gasteiger partial charge in [-0.2, -0.15) is 0 Å². The number of fused-ring (bicyclic) bond motifs is 1. The summed E-state index contributed by atoms with van der Waals surface area (Å²) in [4.78, 5) is 0. The summed E-state index contributed by atoms with van der Waals surface area (Å²) in [5, 5.41) is 5.45. The fourth-order valence-corrected chi connectivity index (χ4v) is 1.98. The molecule has 0 aliphatic heterocycles. The molecule has 0 radical (unpaired) electrons. The van der Waals surface area contributed by atoms with Gasteiger partial charge >= 0.3 is 0 Å².